The summed E-state index contributed by atoms with van der Waals surface area (Å²) in [4.78, 5) is 14.2. The molecule has 1 aliphatic heterocycles. The molecule has 4 nitrogen and oxygen atoms in total. The molecule has 126 valence electrons. The van der Waals surface area contributed by atoms with Crippen molar-refractivity contribution in [3.63, 3.8) is 0 Å². The van der Waals surface area contributed by atoms with Gasteiger partial charge in [-0.3, -0.25) is 4.90 Å². The highest BCUT2D eigenvalue weighted by Crippen LogP contribution is 2.51. The number of ether oxygens (including phenoxy) is 1. The fraction of sp³-hybridized carbons (Fsp3) is 0.632. The SMILES string of the molecule is CC(N)C1(c2ccc3c(c2)CCCN3C(=O)OC(C)(C)C)CC1. The summed E-state index contributed by atoms with van der Waals surface area (Å²) in [6.45, 7) is 8.52. The van der Waals surface area contributed by atoms with E-state index < -0.39 is 5.60 Å². The van der Waals surface area contributed by atoms with E-state index in [9.17, 15) is 4.79 Å². The third kappa shape index (κ3) is 3.09. The summed E-state index contributed by atoms with van der Waals surface area (Å²) < 4.78 is 5.55. The summed E-state index contributed by atoms with van der Waals surface area (Å²) in [6.07, 6.45) is 4.07. The predicted molar refractivity (Wildman–Crippen MR) is 92.9 cm³/mol. The Balaban J connectivity index is 1.88. The normalized spacial score (nSPS) is 20.7. The number of nitrogens with two attached hydrogens (primary N) is 1. The molecule has 2 aliphatic rings. The van der Waals surface area contributed by atoms with Crippen molar-refractivity contribution in [1.82, 2.24) is 0 Å². The minimum absolute atomic E-state index is 0.156. The van der Waals surface area contributed by atoms with Crippen LogP contribution in [0.5, 0.6) is 0 Å². The zero-order chi connectivity index (χ0) is 16.8. The molecule has 1 aromatic rings. The molecule has 1 aromatic carbocycles. The minimum Gasteiger partial charge on any atom is -0.443 e. The molecule has 1 amide bonds. The first-order chi connectivity index (χ1) is 10.7. The van der Waals surface area contributed by atoms with Gasteiger partial charge in [0.2, 0.25) is 0 Å². The van der Waals surface area contributed by atoms with Gasteiger partial charge in [-0.1, -0.05) is 12.1 Å². The highest BCUT2D eigenvalue weighted by molar-refractivity contribution is 5.89. The molecule has 1 fully saturated rings. The van der Waals surface area contributed by atoms with Gasteiger partial charge in [-0.05, 0) is 70.6 Å². The molecule has 0 aromatic heterocycles. The van der Waals surface area contributed by atoms with Crippen LogP contribution in [0.2, 0.25) is 0 Å². The van der Waals surface area contributed by atoms with E-state index in [-0.39, 0.29) is 17.6 Å². The van der Waals surface area contributed by atoms with Crippen LogP contribution in [0, 0.1) is 0 Å². The van der Waals surface area contributed by atoms with Gasteiger partial charge >= 0.3 is 6.09 Å². The quantitative estimate of drug-likeness (QED) is 0.904. The molecule has 1 saturated carbocycles. The number of hydrogen-bond donors (Lipinski definition) is 1. The molecule has 1 aliphatic carbocycles. The second-order valence-electron chi connectivity index (χ2n) is 8.02. The van der Waals surface area contributed by atoms with E-state index in [0.717, 1.165) is 25.1 Å². The summed E-state index contributed by atoms with van der Waals surface area (Å²) in [5.41, 5.74) is 9.45. The third-order valence-electron chi connectivity index (χ3n) is 5.05. The Hall–Kier alpha value is -1.55. The van der Waals surface area contributed by atoms with Crippen molar-refractivity contribution < 1.29 is 9.53 Å². The lowest BCUT2D eigenvalue weighted by atomic mass is 9.86. The van der Waals surface area contributed by atoms with Gasteiger partial charge in [-0.25, -0.2) is 4.79 Å². The first kappa shape index (κ1) is 16.3. The molecule has 0 saturated heterocycles. The fourth-order valence-electron chi connectivity index (χ4n) is 3.56. The number of aryl methyl sites for hydroxylation is 1. The lowest BCUT2D eigenvalue weighted by molar-refractivity contribution is 0.0578. The molecule has 0 bridgehead atoms. The van der Waals surface area contributed by atoms with Crippen molar-refractivity contribution in [2.45, 2.75) is 70.4 Å². The Kier molecular flexibility index (Phi) is 3.91. The molecule has 4 heteroatoms. The van der Waals surface area contributed by atoms with E-state index >= 15 is 0 Å². The number of rotatable bonds is 2. The minimum atomic E-state index is -0.471. The van der Waals surface area contributed by atoms with Gasteiger partial charge in [0, 0.05) is 18.0 Å². The molecule has 1 unspecified atom stereocenters. The Labute approximate surface area is 139 Å². The molecular weight excluding hydrogens is 288 g/mol. The van der Waals surface area contributed by atoms with Crippen LogP contribution in [-0.2, 0) is 16.6 Å². The van der Waals surface area contributed by atoms with Gasteiger partial charge in [0.1, 0.15) is 5.60 Å². The van der Waals surface area contributed by atoms with E-state index in [0.29, 0.717) is 0 Å². The lowest BCUT2D eigenvalue weighted by Crippen LogP contribution is -2.40. The van der Waals surface area contributed by atoms with Crippen LogP contribution in [0.15, 0.2) is 18.2 Å². The molecular formula is C19H28N2O2. The van der Waals surface area contributed by atoms with Gasteiger partial charge in [-0.15, -0.1) is 0 Å². The number of anilines is 1. The van der Waals surface area contributed by atoms with E-state index in [4.69, 9.17) is 10.5 Å². The van der Waals surface area contributed by atoms with E-state index in [1.807, 2.05) is 20.8 Å². The Morgan fingerprint density at radius 3 is 2.61 bits per heavy atom. The number of amides is 1. The van der Waals surface area contributed by atoms with Crippen LogP contribution in [0.25, 0.3) is 0 Å². The third-order valence-corrected chi connectivity index (χ3v) is 5.05. The van der Waals surface area contributed by atoms with E-state index in [2.05, 4.69) is 25.1 Å². The van der Waals surface area contributed by atoms with Crippen molar-refractivity contribution in [2.75, 3.05) is 11.4 Å². The van der Waals surface area contributed by atoms with Crippen molar-refractivity contribution in [2.24, 2.45) is 5.73 Å². The number of carbonyl (C=O) groups excluding carboxylic acids is 1. The molecule has 1 heterocycles. The predicted octanol–water partition coefficient (Wildman–Crippen LogP) is 3.75. The Morgan fingerprint density at radius 2 is 2.04 bits per heavy atom. The number of carbonyl (C=O) groups is 1. The smallest absolute Gasteiger partial charge is 0.414 e. The van der Waals surface area contributed by atoms with Crippen LogP contribution in [0.3, 0.4) is 0 Å². The second-order valence-corrected chi connectivity index (χ2v) is 8.02. The summed E-state index contributed by atoms with van der Waals surface area (Å²) >= 11 is 0. The Bertz CT molecular complexity index is 612. The van der Waals surface area contributed by atoms with Gasteiger partial charge in [0.05, 0.1) is 5.69 Å². The average Bonchev–Trinajstić information content (AvgIpc) is 3.26. The van der Waals surface area contributed by atoms with Gasteiger partial charge in [-0.2, -0.15) is 0 Å². The van der Waals surface area contributed by atoms with Crippen molar-refractivity contribution >= 4 is 11.8 Å². The number of hydrogen-bond acceptors (Lipinski definition) is 3. The highest BCUT2D eigenvalue weighted by Gasteiger charge is 2.47. The topological polar surface area (TPSA) is 55.6 Å². The van der Waals surface area contributed by atoms with Crippen LogP contribution in [0.4, 0.5) is 10.5 Å². The fourth-order valence-corrected chi connectivity index (χ4v) is 3.56. The molecule has 3 rings (SSSR count). The molecule has 23 heavy (non-hydrogen) atoms. The number of nitrogens with zero attached hydrogens (tertiary/aromatic N) is 1. The van der Waals surface area contributed by atoms with Crippen molar-refractivity contribution in [1.29, 1.82) is 0 Å². The molecule has 0 radical (unpaired) electrons. The molecule has 0 spiro atoms. The van der Waals surface area contributed by atoms with E-state index in [1.54, 1.807) is 4.90 Å². The summed E-state index contributed by atoms with van der Waals surface area (Å²) in [6, 6.07) is 6.67. The van der Waals surface area contributed by atoms with Crippen LogP contribution in [0.1, 0.15) is 58.1 Å². The van der Waals surface area contributed by atoms with Gasteiger partial charge < -0.3 is 10.5 Å². The van der Waals surface area contributed by atoms with Gasteiger partial charge in [0.15, 0.2) is 0 Å². The molecule has 1 atom stereocenters. The van der Waals surface area contributed by atoms with Crippen LogP contribution < -0.4 is 10.6 Å². The zero-order valence-corrected chi connectivity index (χ0v) is 14.7. The average molecular weight is 316 g/mol. The van der Waals surface area contributed by atoms with Crippen molar-refractivity contribution in [3.05, 3.63) is 29.3 Å². The Morgan fingerprint density at radius 1 is 1.35 bits per heavy atom. The first-order valence-corrected chi connectivity index (χ1v) is 8.62. The number of fused-ring (bicyclic) bond motifs is 1. The zero-order valence-electron chi connectivity index (χ0n) is 14.7. The van der Waals surface area contributed by atoms with Crippen LogP contribution in [-0.4, -0.2) is 24.3 Å². The lowest BCUT2D eigenvalue weighted by Gasteiger charge is -2.32. The maximum Gasteiger partial charge on any atom is 0.414 e. The highest BCUT2D eigenvalue weighted by atomic mass is 16.6. The van der Waals surface area contributed by atoms with Crippen LogP contribution >= 0.6 is 0 Å². The second kappa shape index (κ2) is 5.52. The maximum atomic E-state index is 12.5. The first-order valence-electron chi connectivity index (χ1n) is 8.62. The number of benzene rings is 1. The summed E-state index contributed by atoms with van der Waals surface area (Å²) in [5.74, 6) is 0. The summed E-state index contributed by atoms with van der Waals surface area (Å²) in [7, 11) is 0. The van der Waals surface area contributed by atoms with Gasteiger partial charge in [0.25, 0.3) is 0 Å². The summed E-state index contributed by atoms with van der Waals surface area (Å²) in [5, 5.41) is 0. The largest absolute Gasteiger partial charge is 0.443 e. The standard InChI is InChI=1S/C19H28N2O2/c1-13(20)19(9-10-19)15-7-8-16-14(12-15)6-5-11-21(16)17(22)23-18(2,3)4/h7-8,12-13H,5-6,9-11,20H2,1-4H3. The monoisotopic (exact) mass is 316 g/mol. The maximum absolute atomic E-state index is 12.5. The molecule has 2 N–H and O–H groups in total. The van der Waals surface area contributed by atoms with E-state index in [1.165, 1.54) is 24.0 Å². The van der Waals surface area contributed by atoms with Crippen molar-refractivity contribution in [3.8, 4) is 0 Å².